The third-order valence-corrected chi connectivity index (χ3v) is 9.22. The van der Waals surface area contributed by atoms with E-state index in [0.29, 0.717) is 43.1 Å². The maximum Gasteiger partial charge on any atom is 0.252 e. The van der Waals surface area contributed by atoms with Gasteiger partial charge < -0.3 is 9.84 Å². The zero-order valence-corrected chi connectivity index (χ0v) is 20.6. The summed E-state index contributed by atoms with van der Waals surface area (Å²) in [5.74, 6) is 0.349. The van der Waals surface area contributed by atoms with Crippen LogP contribution in [0.1, 0.15) is 43.7 Å². The van der Waals surface area contributed by atoms with Gasteiger partial charge in [0.1, 0.15) is 4.21 Å². The molecule has 4 rings (SSSR count). The van der Waals surface area contributed by atoms with Gasteiger partial charge in [0.25, 0.3) is 10.0 Å². The van der Waals surface area contributed by atoms with E-state index in [1.807, 2.05) is 39.0 Å². The van der Waals surface area contributed by atoms with E-state index in [1.54, 1.807) is 11.4 Å². The fourth-order valence-corrected chi connectivity index (χ4v) is 6.85. The Balaban J connectivity index is 1.49. The fourth-order valence-electron chi connectivity index (χ4n) is 4.01. The fraction of sp³-hybridized carbons (Fsp3) is 0.435. The van der Waals surface area contributed by atoms with Crippen LogP contribution in [0.25, 0.3) is 11.4 Å². The number of sulfonamides is 1. The van der Waals surface area contributed by atoms with Gasteiger partial charge in [0, 0.05) is 36.1 Å². The number of piperidine rings is 1. The van der Waals surface area contributed by atoms with Crippen LogP contribution in [0.15, 0.2) is 38.4 Å². The number of rotatable bonds is 7. The van der Waals surface area contributed by atoms with Crippen LogP contribution in [0.2, 0.25) is 0 Å². The highest BCUT2D eigenvalue weighted by Gasteiger charge is 2.34. The van der Waals surface area contributed by atoms with Gasteiger partial charge in [0.2, 0.25) is 17.6 Å². The van der Waals surface area contributed by atoms with Gasteiger partial charge in [-0.1, -0.05) is 37.2 Å². The molecule has 0 bridgehead atoms. The van der Waals surface area contributed by atoms with Gasteiger partial charge in [-0.25, -0.2) is 8.42 Å². The van der Waals surface area contributed by atoms with E-state index in [9.17, 15) is 13.2 Å². The summed E-state index contributed by atoms with van der Waals surface area (Å²) >= 11 is 1.13. The lowest BCUT2D eigenvalue weighted by Crippen LogP contribution is -2.43. The van der Waals surface area contributed by atoms with Crippen LogP contribution in [-0.2, 0) is 27.7 Å². The number of nitrogens with zero attached hydrogens (tertiary/aromatic N) is 3. The molecule has 0 saturated carbocycles. The summed E-state index contributed by atoms with van der Waals surface area (Å²) in [6.45, 7) is 6.48. The molecule has 8 nitrogen and oxygen atoms in total. The summed E-state index contributed by atoms with van der Waals surface area (Å²) in [5, 5.41) is 8.70. The minimum Gasteiger partial charge on any atom is -0.339 e. The number of thiophene rings is 1. The zero-order valence-electron chi connectivity index (χ0n) is 19.0. The van der Waals surface area contributed by atoms with Gasteiger partial charge >= 0.3 is 0 Å². The van der Waals surface area contributed by atoms with Crippen molar-refractivity contribution in [3.8, 4) is 11.4 Å². The van der Waals surface area contributed by atoms with E-state index in [-0.39, 0.29) is 16.7 Å². The average molecular weight is 489 g/mol. The van der Waals surface area contributed by atoms with Crippen molar-refractivity contribution in [1.29, 1.82) is 0 Å². The van der Waals surface area contributed by atoms with E-state index in [2.05, 4.69) is 15.5 Å². The van der Waals surface area contributed by atoms with Crippen LogP contribution in [0.3, 0.4) is 0 Å². The van der Waals surface area contributed by atoms with E-state index in [4.69, 9.17) is 4.52 Å². The quantitative estimate of drug-likeness (QED) is 0.532. The molecule has 1 aromatic carbocycles. The van der Waals surface area contributed by atoms with Crippen molar-refractivity contribution < 1.29 is 17.7 Å². The normalized spacial score (nSPS) is 17.2. The van der Waals surface area contributed by atoms with Crippen molar-refractivity contribution in [2.75, 3.05) is 18.4 Å². The van der Waals surface area contributed by atoms with Crippen LogP contribution in [-0.4, -0.2) is 41.9 Å². The molecule has 1 amide bonds. The second-order valence-corrected chi connectivity index (χ2v) is 11.2. The number of para-hydroxylation sites is 1. The van der Waals surface area contributed by atoms with Gasteiger partial charge in [-0.3, -0.25) is 4.79 Å². The first-order chi connectivity index (χ1) is 15.8. The SMILES string of the molecule is CCc1nc(-c2csc(S(=O)(=O)N3CCC[C@H](C(=O)Nc4c(C)cccc4CC)C3)c2)no1. The maximum atomic E-state index is 13.3. The predicted octanol–water partition coefficient (Wildman–Crippen LogP) is 4.27. The molecule has 3 heterocycles. The van der Waals surface area contributed by atoms with Crippen LogP contribution in [0.4, 0.5) is 5.69 Å². The monoisotopic (exact) mass is 488 g/mol. The highest BCUT2D eigenvalue weighted by atomic mass is 32.2. The molecule has 0 aliphatic carbocycles. The molecule has 10 heteroatoms. The number of carbonyl (C=O) groups excluding carboxylic acids is 1. The van der Waals surface area contributed by atoms with Crippen LogP contribution < -0.4 is 5.32 Å². The molecule has 1 fully saturated rings. The molecular formula is C23H28N4O4S2. The maximum absolute atomic E-state index is 13.3. The standard InChI is InChI=1S/C23H28N4O4S2/c1-4-16-9-6-8-15(3)21(16)25-23(28)17-10-7-11-27(13-17)33(29,30)20-12-18(14-32-20)22-24-19(5-2)31-26-22/h6,8-9,12,14,17H,4-5,7,10-11,13H2,1-3H3,(H,25,28)/t17-/m0/s1. The summed E-state index contributed by atoms with van der Waals surface area (Å²) in [5.41, 5.74) is 3.52. The van der Waals surface area contributed by atoms with Crippen molar-refractivity contribution in [3.63, 3.8) is 0 Å². The number of anilines is 1. The molecule has 1 atom stereocenters. The van der Waals surface area contributed by atoms with Crippen LogP contribution in [0.5, 0.6) is 0 Å². The molecule has 3 aromatic rings. The Bertz CT molecular complexity index is 1250. The molecule has 176 valence electrons. The number of nitrogens with one attached hydrogen (secondary N) is 1. The Morgan fingerprint density at radius 3 is 2.85 bits per heavy atom. The molecule has 2 aromatic heterocycles. The van der Waals surface area contributed by atoms with Gasteiger partial charge in [-0.05, 0) is 43.4 Å². The van der Waals surface area contributed by atoms with Gasteiger partial charge in [0.05, 0.1) is 5.92 Å². The number of aryl methyl sites for hydroxylation is 3. The first-order valence-corrected chi connectivity index (χ1v) is 13.5. The largest absolute Gasteiger partial charge is 0.339 e. The number of aromatic nitrogens is 2. The first kappa shape index (κ1) is 23.6. The minimum atomic E-state index is -3.72. The summed E-state index contributed by atoms with van der Waals surface area (Å²) in [6, 6.07) is 7.52. The molecule has 1 N–H and O–H groups in total. The lowest BCUT2D eigenvalue weighted by atomic mass is 9.98. The molecule has 1 aliphatic rings. The number of amides is 1. The van der Waals surface area contributed by atoms with Gasteiger partial charge in [0.15, 0.2) is 0 Å². The van der Waals surface area contributed by atoms with Gasteiger partial charge in [-0.2, -0.15) is 9.29 Å². The third-order valence-electron chi connectivity index (χ3n) is 5.94. The van der Waals surface area contributed by atoms with Gasteiger partial charge in [-0.15, -0.1) is 11.3 Å². The Hall–Kier alpha value is -2.56. The Kier molecular flexibility index (Phi) is 6.96. The third kappa shape index (κ3) is 4.87. The predicted molar refractivity (Wildman–Crippen MR) is 128 cm³/mol. The van der Waals surface area contributed by atoms with E-state index in [0.717, 1.165) is 34.6 Å². The summed E-state index contributed by atoms with van der Waals surface area (Å²) in [6.07, 6.45) is 2.71. The summed E-state index contributed by atoms with van der Waals surface area (Å²) in [7, 11) is -3.72. The number of carbonyl (C=O) groups is 1. The highest BCUT2D eigenvalue weighted by molar-refractivity contribution is 7.91. The Morgan fingerprint density at radius 1 is 1.30 bits per heavy atom. The first-order valence-electron chi connectivity index (χ1n) is 11.1. The average Bonchev–Trinajstić information content (AvgIpc) is 3.50. The van der Waals surface area contributed by atoms with Crippen molar-refractivity contribution in [2.24, 2.45) is 5.92 Å². The summed E-state index contributed by atoms with van der Waals surface area (Å²) < 4.78 is 33.4. The molecule has 1 aliphatic heterocycles. The van der Waals surface area contributed by atoms with Crippen LogP contribution >= 0.6 is 11.3 Å². The topological polar surface area (TPSA) is 105 Å². The van der Waals surface area contributed by atoms with Crippen molar-refractivity contribution in [2.45, 2.75) is 50.7 Å². The number of hydrogen-bond donors (Lipinski definition) is 1. The minimum absolute atomic E-state index is 0.135. The number of hydrogen-bond acceptors (Lipinski definition) is 7. The van der Waals surface area contributed by atoms with Crippen LogP contribution in [0, 0.1) is 12.8 Å². The lowest BCUT2D eigenvalue weighted by Gasteiger charge is -2.31. The van der Waals surface area contributed by atoms with E-state index in [1.165, 1.54) is 4.31 Å². The second-order valence-electron chi connectivity index (χ2n) is 8.17. The van der Waals surface area contributed by atoms with Crippen molar-refractivity contribution in [1.82, 2.24) is 14.4 Å². The molecule has 0 radical (unpaired) electrons. The van der Waals surface area contributed by atoms with E-state index >= 15 is 0 Å². The molecule has 33 heavy (non-hydrogen) atoms. The number of benzene rings is 1. The molecule has 1 saturated heterocycles. The zero-order chi connectivity index (χ0) is 23.6. The van der Waals surface area contributed by atoms with Crippen molar-refractivity contribution in [3.05, 3.63) is 46.7 Å². The van der Waals surface area contributed by atoms with Crippen molar-refractivity contribution >= 4 is 33.0 Å². The Morgan fingerprint density at radius 2 is 2.12 bits per heavy atom. The van der Waals surface area contributed by atoms with E-state index < -0.39 is 15.9 Å². The molecular weight excluding hydrogens is 460 g/mol. The Labute approximate surface area is 198 Å². The molecule has 0 unspecified atom stereocenters. The molecule has 0 spiro atoms. The second kappa shape index (κ2) is 9.74. The smallest absolute Gasteiger partial charge is 0.252 e. The lowest BCUT2D eigenvalue weighted by molar-refractivity contribution is -0.120. The summed E-state index contributed by atoms with van der Waals surface area (Å²) in [4.78, 5) is 17.3. The highest BCUT2D eigenvalue weighted by Crippen LogP contribution is 2.32.